The lowest BCUT2D eigenvalue weighted by Gasteiger charge is -1.91. The fourth-order valence-electron chi connectivity index (χ4n) is 0.797. The van der Waals surface area contributed by atoms with Crippen molar-refractivity contribution in [2.75, 3.05) is 9.44 Å². The van der Waals surface area contributed by atoms with Gasteiger partial charge in [0.2, 0.25) is 0 Å². The summed E-state index contributed by atoms with van der Waals surface area (Å²) in [7, 11) is 0. The molecule has 1 aliphatic rings. The number of hydrogen-bond donors (Lipinski definition) is 2. The molecular formula is C6H6N2S. The Kier molecular flexibility index (Phi) is 1.02. The number of benzene rings is 1. The van der Waals surface area contributed by atoms with Gasteiger partial charge in [0.25, 0.3) is 0 Å². The monoisotopic (exact) mass is 138 g/mol. The first-order valence-electron chi connectivity index (χ1n) is 2.74. The largest absolute Gasteiger partial charge is 0.310 e. The summed E-state index contributed by atoms with van der Waals surface area (Å²) < 4.78 is 6.21. The van der Waals surface area contributed by atoms with Crippen LogP contribution in [-0.2, 0) is 0 Å². The molecule has 3 heteroatoms. The maximum absolute atomic E-state index is 3.11. The van der Waals surface area contributed by atoms with E-state index in [9.17, 15) is 0 Å². The zero-order valence-electron chi connectivity index (χ0n) is 4.72. The topological polar surface area (TPSA) is 24.1 Å². The van der Waals surface area contributed by atoms with Gasteiger partial charge >= 0.3 is 0 Å². The third kappa shape index (κ3) is 0.733. The van der Waals surface area contributed by atoms with Crippen LogP contribution >= 0.6 is 12.1 Å². The van der Waals surface area contributed by atoms with E-state index >= 15 is 0 Å². The fourth-order valence-corrected chi connectivity index (χ4v) is 1.42. The Morgan fingerprint density at radius 1 is 1.00 bits per heavy atom. The Balaban J connectivity index is 2.54. The highest BCUT2D eigenvalue weighted by atomic mass is 32.2. The van der Waals surface area contributed by atoms with Crippen molar-refractivity contribution in [3.8, 4) is 0 Å². The van der Waals surface area contributed by atoms with Crippen LogP contribution in [0.5, 0.6) is 0 Å². The van der Waals surface area contributed by atoms with Crippen LogP contribution in [0, 0.1) is 0 Å². The molecule has 0 fully saturated rings. The Bertz CT molecular complexity index is 201. The highest BCUT2D eigenvalue weighted by Crippen LogP contribution is 2.31. The third-order valence-corrected chi connectivity index (χ3v) is 1.89. The molecular weight excluding hydrogens is 132 g/mol. The summed E-state index contributed by atoms with van der Waals surface area (Å²) in [4.78, 5) is 0. The molecule has 0 atom stereocenters. The predicted octanol–water partition coefficient (Wildman–Crippen LogP) is 2.09. The van der Waals surface area contributed by atoms with E-state index in [1.165, 1.54) is 23.5 Å². The van der Waals surface area contributed by atoms with Gasteiger partial charge in [-0.2, -0.15) is 0 Å². The SMILES string of the molecule is c1ccc2c(c1)NSN2. The lowest BCUT2D eigenvalue weighted by Crippen LogP contribution is -1.74. The molecule has 0 aromatic heterocycles. The van der Waals surface area contributed by atoms with Crippen molar-refractivity contribution in [3.05, 3.63) is 24.3 Å². The first-order chi connectivity index (χ1) is 4.47. The van der Waals surface area contributed by atoms with Gasteiger partial charge < -0.3 is 9.44 Å². The third-order valence-electron chi connectivity index (χ3n) is 1.25. The van der Waals surface area contributed by atoms with Gasteiger partial charge in [0.05, 0.1) is 23.5 Å². The van der Waals surface area contributed by atoms with Crippen LogP contribution in [0.25, 0.3) is 0 Å². The highest BCUT2D eigenvalue weighted by Gasteiger charge is 2.05. The first-order valence-corrected chi connectivity index (χ1v) is 3.55. The highest BCUT2D eigenvalue weighted by molar-refractivity contribution is 8.02. The normalized spacial score (nSPS) is 13.8. The van der Waals surface area contributed by atoms with E-state index in [1.807, 2.05) is 24.3 Å². The maximum atomic E-state index is 3.11. The fraction of sp³-hybridized carbons (Fsp3) is 0. The molecule has 1 aromatic rings. The summed E-state index contributed by atoms with van der Waals surface area (Å²) >= 11 is 1.50. The molecule has 0 aliphatic carbocycles. The molecule has 0 spiro atoms. The molecule has 0 saturated carbocycles. The second-order valence-corrected chi connectivity index (χ2v) is 2.46. The number of nitrogens with one attached hydrogen (secondary N) is 2. The van der Waals surface area contributed by atoms with Crippen LogP contribution in [0.1, 0.15) is 0 Å². The van der Waals surface area contributed by atoms with Crippen molar-refractivity contribution in [3.63, 3.8) is 0 Å². The molecule has 2 rings (SSSR count). The minimum Gasteiger partial charge on any atom is -0.310 e. The number of hydrogen-bond acceptors (Lipinski definition) is 3. The zero-order valence-corrected chi connectivity index (χ0v) is 5.53. The van der Waals surface area contributed by atoms with Gasteiger partial charge in [0.1, 0.15) is 0 Å². The number of anilines is 2. The Labute approximate surface area is 57.9 Å². The average molecular weight is 138 g/mol. The van der Waals surface area contributed by atoms with Crippen LogP contribution < -0.4 is 9.44 Å². The van der Waals surface area contributed by atoms with Gasteiger partial charge in [-0.15, -0.1) is 0 Å². The number of para-hydroxylation sites is 2. The van der Waals surface area contributed by atoms with Crippen LogP contribution in [0.4, 0.5) is 11.4 Å². The van der Waals surface area contributed by atoms with E-state index < -0.39 is 0 Å². The summed E-state index contributed by atoms with van der Waals surface area (Å²) in [5, 5.41) is 0. The molecule has 1 aromatic carbocycles. The Hall–Kier alpha value is -0.830. The summed E-state index contributed by atoms with van der Waals surface area (Å²) in [5.41, 5.74) is 2.34. The van der Waals surface area contributed by atoms with Crippen molar-refractivity contribution in [2.45, 2.75) is 0 Å². The average Bonchev–Trinajstić information content (AvgIpc) is 2.33. The van der Waals surface area contributed by atoms with Crippen LogP contribution in [0.2, 0.25) is 0 Å². The van der Waals surface area contributed by atoms with Gasteiger partial charge in [0.15, 0.2) is 0 Å². The van der Waals surface area contributed by atoms with E-state index in [-0.39, 0.29) is 0 Å². The zero-order chi connectivity index (χ0) is 6.10. The minimum atomic E-state index is 1.17. The Morgan fingerprint density at radius 3 is 2.11 bits per heavy atom. The molecule has 9 heavy (non-hydrogen) atoms. The van der Waals surface area contributed by atoms with Crippen molar-refractivity contribution >= 4 is 23.5 Å². The van der Waals surface area contributed by atoms with Gasteiger partial charge in [0, 0.05) is 0 Å². The van der Waals surface area contributed by atoms with E-state index in [1.54, 1.807) is 0 Å². The van der Waals surface area contributed by atoms with Crippen LogP contribution in [0.15, 0.2) is 24.3 Å². The summed E-state index contributed by atoms with van der Waals surface area (Å²) in [5.74, 6) is 0. The lowest BCUT2D eigenvalue weighted by molar-refractivity contribution is 1.70. The summed E-state index contributed by atoms with van der Waals surface area (Å²) in [6.07, 6.45) is 0. The first kappa shape index (κ1) is 4.99. The van der Waals surface area contributed by atoms with Gasteiger partial charge in [-0.1, -0.05) is 12.1 Å². The van der Waals surface area contributed by atoms with Crippen LogP contribution in [0.3, 0.4) is 0 Å². The molecule has 0 saturated heterocycles. The second-order valence-electron chi connectivity index (χ2n) is 1.85. The number of fused-ring (bicyclic) bond motifs is 1. The molecule has 1 aliphatic heterocycles. The van der Waals surface area contributed by atoms with Gasteiger partial charge in [-0.05, 0) is 12.1 Å². The molecule has 0 unspecified atom stereocenters. The number of rotatable bonds is 0. The maximum Gasteiger partial charge on any atom is 0.0697 e. The van der Waals surface area contributed by atoms with E-state index in [0.29, 0.717) is 0 Å². The van der Waals surface area contributed by atoms with Crippen molar-refractivity contribution < 1.29 is 0 Å². The standard InChI is InChI=1S/C6H6N2S/c1-2-4-6-5(3-1)7-9-8-6/h1-4,7-8H. The van der Waals surface area contributed by atoms with Gasteiger partial charge in [-0.3, -0.25) is 0 Å². The Morgan fingerprint density at radius 2 is 1.56 bits per heavy atom. The minimum absolute atomic E-state index is 1.17. The summed E-state index contributed by atoms with van der Waals surface area (Å²) in [6.45, 7) is 0. The second kappa shape index (κ2) is 1.84. The van der Waals surface area contributed by atoms with E-state index in [0.717, 1.165) is 0 Å². The van der Waals surface area contributed by atoms with Gasteiger partial charge in [-0.25, -0.2) is 0 Å². The summed E-state index contributed by atoms with van der Waals surface area (Å²) in [6, 6.07) is 8.11. The van der Waals surface area contributed by atoms with Crippen molar-refractivity contribution in [1.82, 2.24) is 0 Å². The molecule has 0 bridgehead atoms. The van der Waals surface area contributed by atoms with Crippen molar-refractivity contribution in [1.29, 1.82) is 0 Å². The molecule has 0 amide bonds. The molecule has 46 valence electrons. The van der Waals surface area contributed by atoms with Crippen molar-refractivity contribution in [2.24, 2.45) is 0 Å². The van der Waals surface area contributed by atoms with Crippen LogP contribution in [-0.4, -0.2) is 0 Å². The van der Waals surface area contributed by atoms with E-state index in [4.69, 9.17) is 0 Å². The molecule has 0 radical (unpaired) electrons. The molecule has 1 heterocycles. The quantitative estimate of drug-likeness (QED) is 0.537. The molecule has 2 nitrogen and oxygen atoms in total. The lowest BCUT2D eigenvalue weighted by atomic mass is 10.3. The molecule has 2 N–H and O–H groups in total. The predicted molar refractivity (Wildman–Crippen MR) is 41.3 cm³/mol. The van der Waals surface area contributed by atoms with E-state index in [2.05, 4.69) is 9.44 Å². The smallest absolute Gasteiger partial charge is 0.0697 e.